The van der Waals surface area contributed by atoms with Crippen molar-refractivity contribution in [3.05, 3.63) is 12.4 Å². The van der Waals surface area contributed by atoms with Gasteiger partial charge >= 0.3 is 6.01 Å². The zero-order chi connectivity index (χ0) is 15.1. The van der Waals surface area contributed by atoms with E-state index in [9.17, 15) is 0 Å². The highest BCUT2D eigenvalue weighted by Crippen LogP contribution is 2.18. The molecule has 0 aliphatic rings. The summed E-state index contributed by atoms with van der Waals surface area (Å²) in [5, 5.41) is 3.10. The Labute approximate surface area is 124 Å². The van der Waals surface area contributed by atoms with Gasteiger partial charge in [-0.05, 0) is 19.8 Å². The predicted octanol–water partition coefficient (Wildman–Crippen LogP) is 2.37. The maximum atomic E-state index is 5.54. The molecule has 0 radical (unpaired) electrons. The Balaban J connectivity index is 2.36. The lowest BCUT2D eigenvalue weighted by molar-refractivity contribution is 0.292. The van der Waals surface area contributed by atoms with Crippen LogP contribution in [0.25, 0.3) is 11.6 Å². The lowest BCUT2D eigenvalue weighted by Gasteiger charge is -2.09. The summed E-state index contributed by atoms with van der Waals surface area (Å²) in [5.41, 5.74) is 0. The molecule has 0 aromatic carbocycles. The number of hydrogen-bond acceptors (Lipinski definition) is 6. The molecule has 0 saturated heterocycles. The van der Waals surface area contributed by atoms with Crippen LogP contribution in [0.1, 0.15) is 33.6 Å². The lowest BCUT2D eigenvalue weighted by atomic mass is 10.4. The van der Waals surface area contributed by atoms with Gasteiger partial charge in [-0.2, -0.15) is 15.0 Å². The van der Waals surface area contributed by atoms with Crippen LogP contribution in [-0.4, -0.2) is 37.7 Å². The second-order valence-corrected chi connectivity index (χ2v) is 4.59. The number of aromatic nitrogens is 5. The van der Waals surface area contributed by atoms with Gasteiger partial charge in [0.25, 0.3) is 0 Å². The molecule has 0 atom stereocenters. The first-order valence-electron chi connectivity index (χ1n) is 7.42. The average molecular weight is 290 g/mol. The number of nitrogens with zero attached hydrogens (tertiary/aromatic N) is 5. The van der Waals surface area contributed by atoms with Crippen LogP contribution in [0.2, 0.25) is 0 Å². The molecule has 0 amide bonds. The number of rotatable bonds is 8. The highest BCUT2D eigenvalue weighted by molar-refractivity contribution is 5.47. The third kappa shape index (κ3) is 3.90. The van der Waals surface area contributed by atoms with Gasteiger partial charge in [-0.3, -0.25) is 0 Å². The van der Waals surface area contributed by atoms with Gasteiger partial charge in [0.15, 0.2) is 5.82 Å². The molecule has 114 valence electrons. The second kappa shape index (κ2) is 7.56. The van der Waals surface area contributed by atoms with Crippen molar-refractivity contribution in [3.8, 4) is 17.7 Å². The van der Waals surface area contributed by atoms with Gasteiger partial charge in [0, 0.05) is 25.5 Å². The minimum Gasteiger partial charge on any atom is -0.463 e. The van der Waals surface area contributed by atoms with Gasteiger partial charge in [-0.1, -0.05) is 13.8 Å². The molecule has 1 N–H and O–H groups in total. The molecule has 0 fully saturated rings. The Morgan fingerprint density at radius 2 is 2.00 bits per heavy atom. The molecule has 0 aliphatic heterocycles. The molecular formula is C14H22N6O. The van der Waals surface area contributed by atoms with Crippen molar-refractivity contribution in [2.45, 2.75) is 40.2 Å². The maximum Gasteiger partial charge on any atom is 0.321 e. The number of aryl methyl sites for hydroxylation is 1. The second-order valence-electron chi connectivity index (χ2n) is 4.59. The van der Waals surface area contributed by atoms with Crippen LogP contribution >= 0.6 is 0 Å². The summed E-state index contributed by atoms with van der Waals surface area (Å²) in [6, 6.07) is 0.337. The van der Waals surface area contributed by atoms with Crippen LogP contribution in [0.4, 0.5) is 5.95 Å². The molecule has 2 rings (SSSR count). The van der Waals surface area contributed by atoms with Crippen molar-refractivity contribution in [1.29, 1.82) is 0 Å². The normalized spacial score (nSPS) is 10.6. The molecule has 7 heteroatoms. The summed E-state index contributed by atoms with van der Waals surface area (Å²) in [4.78, 5) is 17.4. The Kier molecular flexibility index (Phi) is 5.48. The summed E-state index contributed by atoms with van der Waals surface area (Å²) in [7, 11) is 0. The molecule has 0 unspecified atom stereocenters. The van der Waals surface area contributed by atoms with Gasteiger partial charge in [0.1, 0.15) is 0 Å². The van der Waals surface area contributed by atoms with Crippen molar-refractivity contribution >= 4 is 5.95 Å². The summed E-state index contributed by atoms with van der Waals surface area (Å²) in [6.07, 6.45) is 5.62. The standard InChI is InChI=1S/C14H22N6O/c1-4-8-20-9-7-16-12(20)11-17-13(15-6-3)19-14(18-11)21-10-5-2/h7,9H,4-6,8,10H2,1-3H3,(H,15,17,18,19). The van der Waals surface area contributed by atoms with E-state index in [1.807, 2.05) is 24.6 Å². The fourth-order valence-corrected chi connectivity index (χ4v) is 1.89. The van der Waals surface area contributed by atoms with Gasteiger partial charge < -0.3 is 14.6 Å². The summed E-state index contributed by atoms with van der Waals surface area (Å²) >= 11 is 0. The molecular weight excluding hydrogens is 268 g/mol. The molecule has 0 bridgehead atoms. The van der Waals surface area contributed by atoms with Gasteiger partial charge in [-0.15, -0.1) is 0 Å². The molecule has 7 nitrogen and oxygen atoms in total. The fourth-order valence-electron chi connectivity index (χ4n) is 1.89. The predicted molar refractivity (Wildman–Crippen MR) is 81.3 cm³/mol. The average Bonchev–Trinajstić information content (AvgIpc) is 2.94. The smallest absolute Gasteiger partial charge is 0.321 e. The minimum absolute atomic E-state index is 0.337. The third-order valence-electron chi connectivity index (χ3n) is 2.77. The summed E-state index contributed by atoms with van der Waals surface area (Å²) in [5.74, 6) is 1.78. The van der Waals surface area contributed by atoms with E-state index in [-0.39, 0.29) is 0 Å². The zero-order valence-corrected chi connectivity index (χ0v) is 12.8. The first-order valence-corrected chi connectivity index (χ1v) is 7.42. The SMILES string of the molecule is CCCOc1nc(NCC)nc(-c2nccn2CCC)n1. The maximum absolute atomic E-state index is 5.54. The molecule has 0 aliphatic carbocycles. The fraction of sp³-hybridized carbons (Fsp3) is 0.571. The molecule has 0 saturated carbocycles. The van der Waals surface area contributed by atoms with Crippen molar-refractivity contribution in [2.75, 3.05) is 18.5 Å². The number of nitrogens with one attached hydrogen (secondary N) is 1. The molecule has 2 aromatic rings. The van der Waals surface area contributed by atoms with Crippen LogP contribution in [-0.2, 0) is 6.54 Å². The van der Waals surface area contributed by atoms with E-state index >= 15 is 0 Å². The quantitative estimate of drug-likeness (QED) is 0.804. The molecule has 2 heterocycles. The van der Waals surface area contributed by atoms with Crippen LogP contribution in [0.3, 0.4) is 0 Å². The number of imidazole rings is 1. The van der Waals surface area contributed by atoms with Crippen LogP contribution in [0, 0.1) is 0 Å². The Bertz CT molecular complexity index is 568. The monoisotopic (exact) mass is 290 g/mol. The Morgan fingerprint density at radius 3 is 2.71 bits per heavy atom. The summed E-state index contributed by atoms with van der Waals surface area (Å²) in [6.45, 7) is 8.35. The third-order valence-corrected chi connectivity index (χ3v) is 2.77. The van der Waals surface area contributed by atoms with Crippen LogP contribution in [0.15, 0.2) is 12.4 Å². The Morgan fingerprint density at radius 1 is 1.14 bits per heavy atom. The van der Waals surface area contributed by atoms with Crippen molar-refractivity contribution in [1.82, 2.24) is 24.5 Å². The zero-order valence-electron chi connectivity index (χ0n) is 12.8. The molecule has 0 spiro atoms. The summed E-state index contributed by atoms with van der Waals surface area (Å²) < 4.78 is 7.58. The number of anilines is 1. The van der Waals surface area contributed by atoms with Gasteiger partial charge in [0.05, 0.1) is 6.61 Å². The van der Waals surface area contributed by atoms with E-state index in [0.29, 0.717) is 24.4 Å². The first-order chi connectivity index (χ1) is 10.3. The van der Waals surface area contributed by atoms with E-state index in [4.69, 9.17) is 4.74 Å². The van der Waals surface area contributed by atoms with Gasteiger partial charge in [-0.25, -0.2) is 4.98 Å². The largest absolute Gasteiger partial charge is 0.463 e. The van der Waals surface area contributed by atoms with E-state index in [1.165, 1.54) is 0 Å². The minimum atomic E-state index is 0.337. The number of ether oxygens (including phenoxy) is 1. The van der Waals surface area contributed by atoms with E-state index < -0.39 is 0 Å². The highest BCUT2D eigenvalue weighted by Gasteiger charge is 2.13. The highest BCUT2D eigenvalue weighted by atomic mass is 16.5. The number of hydrogen-bond donors (Lipinski definition) is 1. The van der Waals surface area contributed by atoms with E-state index in [2.05, 4.69) is 32.2 Å². The van der Waals surface area contributed by atoms with Crippen LogP contribution < -0.4 is 10.1 Å². The van der Waals surface area contributed by atoms with Crippen molar-refractivity contribution in [2.24, 2.45) is 0 Å². The Hall–Kier alpha value is -2.18. The molecule has 2 aromatic heterocycles. The lowest BCUT2D eigenvalue weighted by Crippen LogP contribution is -2.10. The van der Waals surface area contributed by atoms with E-state index in [0.717, 1.165) is 31.8 Å². The molecule has 21 heavy (non-hydrogen) atoms. The first kappa shape index (κ1) is 15.2. The van der Waals surface area contributed by atoms with Crippen LogP contribution in [0.5, 0.6) is 6.01 Å². The van der Waals surface area contributed by atoms with Crippen molar-refractivity contribution in [3.63, 3.8) is 0 Å². The van der Waals surface area contributed by atoms with Gasteiger partial charge in [0.2, 0.25) is 11.8 Å². The van der Waals surface area contributed by atoms with Crippen molar-refractivity contribution < 1.29 is 4.74 Å². The topological polar surface area (TPSA) is 77.8 Å². The van der Waals surface area contributed by atoms with E-state index in [1.54, 1.807) is 6.20 Å².